The van der Waals surface area contributed by atoms with E-state index in [4.69, 9.17) is 12.2 Å². The van der Waals surface area contributed by atoms with Crippen molar-refractivity contribution in [1.82, 2.24) is 10.2 Å². The molecule has 0 aliphatic carbocycles. The quantitative estimate of drug-likeness (QED) is 0.404. The molecule has 1 fully saturated rings. The first-order chi connectivity index (χ1) is 14.3. The van der Waals surface area contributed by atoms with Crippen molar-refractivity contribution < 1.29 is 19.5 Å². The van der Waals surface area contributed by atoms with E-state index in [2.05, 4.69) is 5.32 Å². The number of amides is 2. The Morgan fingerprint density at radius 1 is 1.33 bits per heavy atom. The molecule has 0 bridgehead atoms. The highest BCUT2D eigenvalue weighted by Gasteiger charge is 2.32. The number of carbonyl (C=O) groups is 3. The second-order valence-corrected chi connectivity index (χ2v) is 9.28. The number of benzene rings is 1. The Morgan fingerprint density at radius 3 is 2.67 bits per heavy atom. The number of aliphatic carboxylic acids is 1. The summed E-state index contributed by atoms with van der Waals surface area (Å²) in [5.74, 6) is -1.09. The predicted octanol–water partition coefficient (Wildman–Crippen LogP) is 3.55. The highest BCUT2D eigenvalue weighted by molar-refractivity contribution is 8.26. The number of carboxylic acid groups (broad SMARTS) is 1. The van der Waals surface area contributed by atoms with Gasteiger partial charge in [-0.05, 0) is 42.6 Å². The molecule has 1 aliphatic rings. The van der Waals surface area contributed by atoms with Crippen LogP contribution in [0.15, 0.2) is 46.9 Å². The van der Waals surface area contributed by atoms with Crippen LogP contribution in [0.4, 0.5) is 0 Å². The van der Waals surface area contributed by atoms with Gasteiger partial charge in [-0.25, -0.2) is 4.79 Å². The first-order valence-electron chi connectivity index (χ1n) is 9.31. The van der Waals surface area contributed by atoms with Crippen LogP contribution in [-0.2, 0) is 14.4 Å². The van der Waals surface area contributed by atoms with Crippen LogP contribution in [0.5, 0.6) is 0 Å². The first-order valence-corrected chi connectivity index (χ1v) is 11.9. The van der Waals surface area contributed by atoms with Gasteiger partial charge in [0.1, 0.15) is 10.4 Å². The van der Waals surface area contributed by atoms with Gasteiger partial charge in [-0.3, -0.25) is 14.5 Å². The molecule has 0 saturated carbocycles. The zero-order chi connectivity index (χ0) is 22.1. The topological polar surface area (TPSA) is 86.7 Å². The number of carboxylic acids is 1. The molecule has 1 aliphatic heterocycles. The number of carbonyl (C=O) groups excluding carboxylic acids is 2. The van der Waals surface area contributed by atoms with E-state index in [1.54, 1.807) is 6.08 Å². The van der Waals surface area contributed by atoms with Gasteiger partial charge in [0.05, 0.1) is 4.91 Å². The van der Waals surface area contributed by atoms with E-state index < -0.39 is 17.9 Å². The van der Waals surface area contributed by atoms with Gasteiger partial charge in [-0.1, -0.05) is 60.4 Å². The molecule has 0 radical (unpaired) electrons. The maximum atomic E-state index is 12.7. The summed E-state index contributed by atoms with van der Waals surface area (Å²) in [6.45, 7) is 2.03. The Bertz CT molecular complexity index is 868. The molecule has 2 N–H and O–H groups in total. The van der Waals surface area contributed by atoms with Crippen LogP contribution < -0.4 is 5.32 Å². The number of nitrogens with zero attached hydrogens (tertiary/aromatic N) is 1. The summed E-state index contributed by atoms with van der Waals surface area (Å²) in [5, 5.41) is 11.7. The molecule has 30 heavy (non-hydrogen) atoms. The third-order valence-electron chi connectivity index (χ3n) is 4.23. The van der Waals surface area contributed by atoms with Crippen molar-refractivity contribution in [2.24, 2.45) is 0 Å². The number of thiocarbonyl (C=S) groups is 1. The number of allylic oxidation sites excluding steroid dienone is 2. The molecular formula is C21H24N2O4S3. The summed E-state index contributed by atoms with van der Waals surface area (Å²) in [6.07, 6.45) is 5.97. The number of rotatable bonds is 10. The van der Waals surface area contributed by atoms with E-state index >= 15 is 0 Å². The first kappa shape index (κ1) is 24.2. The van der Waals surface area contributed by atoms with Crippen molar-refractivity contribution in [2.45, 2.75) is 25.8 Å². The fourth-order valence-corrected chi connectivity index (χ4v) is 4.56. The minimum absolute atomic E-state index is 0.0123. The Morgan fingerprint density at radius 2 is 2.03 bits per heavy atom. The highest BCUT2D eigenvalue weighted by atomic mass is 32.2. The average molecular weight is 465 g/mol. The van der Waals surface area contributed by atoms with Crippen LogP contribution in [0.2, 0.25) is 0 Å². The Hall–Kier alpha value is -2.10. The second kappa shape index (κ2) is 11.9. The van der Waals surface area contributed by atoms with Crippen molar-refractivity contribution in [3.8, 4) is 0 Å². The lowest BCUT2D eigenvalue weighted by molar-refractivity contribution is -0.142. The van der Waals surface area contributed by atoms with Crippen LogP contribution in [-0.4, -0.2) is 56.7 Å². The molecular weight excluding hydrogens is 440 g/mol. The van der Waals surface area contributed by atoms with Crippen LogP contribution in [0.25, 0.3) is 6.08 Å². The molecule has 0 aromatic heterocycles. The Kier molecular flexibility index (Phi) is 9.61. The highest BCUT2D eigenvalue weighted by Crippen LogP contribution is 2.32. The van der Waals surface area contributed by atoms with E-state index in [1.165, 1.54) is 28.4 Å². The summed E-state index contributed by atoms with van der Waals surface area (Å²) in [5.41, 5.74) is 1.95. The number of thioether (sulfide) groups is 2. The molecule has 1 aromatic rings. The number of hydrogen-bond acceptors (Lipinski definition) is 6. The van der Waals surface area contributed by atoms with Crippen LogP contribution in [0, 0.1) is 0 Å². The van der Waals surface area contributed by atoms with Gasteiger partial charge in [-0.2, -0.15) is 11.8 Å². The standard InChI is InChI=1S/C21H24N2O4S3/c1-14(12-15-6-4-3-5-7-15)13-17-19(25)23(21(28)30-17)10-8-18(24)22-16(20(26)27)9-11-29-2/h3-7,12-13,16H,8-11H2,1-2H3,(H,22,24)(H,26,27)/b14-12-,17-13+. The molecule has 1 unspecified atom stereocenters. The van der Waals surface area contributed by atoms with Gasteiger partial charge in [0.15, 0.2) is 0 Å². The molecule has 1 aromatic carbocycles. The van der Waals surface area contributed by atoms with E-state index in [0.29, 0.717) is 21.4 Å². The van der Waals surface area contributed by atoms with Crippen LogP contribution >= 0.6 is 35.7 Å². The number of nitrogens with one attached hydrogen (secondary N) is 1. The summed E-state index contributed by atoms with van der Waals surface area (Å²) in [4.78, 5) is 38.0. The molecule has 6 nitrogen and oxygen atoms in total. The normalized spacial score (nSPS) is 16.8. The number of hydrogen-bond donors (Lipinski definition) is 2. The fraction of sp³-hybridized carbons (Fsp3) is 0.333. The predicted molar refractivity (Wildman–Crippen MR) is 127 cm³/mol. The molecule has 1 saturated heterocycles. The molecule has 160 valence electrons. The third kappa shape index (κ3) is 7.30. The minimum atomic E-state index is -1.06. The third-order valence-corrected chi connectivity index (χ3v) is 6.25. The monoisotopic (exact) mass is 464 g/mol. The zero-order valence-corrected chi connectivity index (χ0v) is 19.2. The summed E-state index contributed by atoms with van der Waals surface area (Å²) >= 11 is 8.01. The van der Waals surface area contributed by atoms with Gasteiger partial charge in [-0.15, -0.1) is 0 Å². The molecule has 1 heterocycles. The molecule has 2 rings (SSSR count). The van der Waals surface area contributed by atoms with Crippen molar-refractivity contribution in [3.05, 3.63) is 52.4 Å². The summed E-state index contributed by atoms with van der Waals surface area (Å²) < 4.78 is 0.392. The zero-order valence-electron chi connectivity index (χ0n) is 16.8. The van der Waals surface area contributed by atoms with Crippen LogP contribution in [0.3, 0.4) is 0 Å². The summed E-state index contributed by atoms with van der Waals surface area (Å²) in [7, 11) is 0. The van der Waals surface area contributed by atoms with Gasteiger partial charge < -0.3 is 10.4 Å². The lowest BCUT2D eigenvalue weighted by Gasteiger charge is -2.17. The van der Waals surface area contributed by atoms with Crippen molar-refractivity contribution in [2.75, 3.05) is 18.6 Å². The smallest absolute Gasteiger partial charge is 0.326 e. The lowest BCUT2D eigenvalue weighted by Crippen LogP contribution is -2.42. The van der Waals surface area contributed by atoms with Crippen molar-refractivity contribution in [1.29, 1.82) is 0 Å². The molecule has 1 atom stereocenters. The van der Waals surface area contributed by atoms with Gasteiger partial charge in [0, 0.05) is 13.0 Å². The molecule has 0 spiro atoms. The maximum absolute atomic E-state index is 12.7. The Labute approximate surface area is 190 Å². The summed E-state index contributed by atoms with van der Waals surface area (Å²) in [6, 6.07) is 8.85. The van der Waals surface area contributed by atoms with Gasteiger partial charge in [0.25, 0.3) is 5.91 Å². The maximum Gasteiger partial charge on any atom is 0.326 e. The second-order valence-electron chi connectivity index (χ2n) is 6.62. The van der Waals surface area contributed by atoms with Crippen molar-refractivity contribution >= 4 is 63.9 Å². The SMILES string of the molecule is CSCCC(NC(=O)CCN1C(=O)/C(=C\C(C)=C/c2ccccc2)SC1=S)C(=O)O. The van der Waals surface area contributed by atoms with Crippen molar-refractivity contribution in [3.63, 3.8) is 0 Å². The van der Waals surface area contributed by atoms with Crippen LogP contribution in [0.1, 0.15) is 25.3 Å². The van der Waals surface area contributed by atoms with E-state index in [1.807, 2.05) is 49.6 Å². The molecule has 9 heteroatoms. The van der Waals surface area contributed by atoms with E-state index in [9.17, 15) is 19.5 Å². The average Bonchev–Trinajstić information content (AvgIpc) is 2.96. The van der Waals surface area contributed by atoms with E-state index in [0.717, 1.165) is 11.1 Å². The van der Waals surface area contributed by atoms with Gasteiger partial charge >= 0.3 is 5.97 Å². The molecule has 2 amide bonds. The van der Waals surface area contributed by atoms with E-state index in [-0.39, 0.29) is 18.9 Å². The minimum Gasteiger partial charge on any atom is -0.480 e. The van der Waals surface area contributed by atoms with Gasteiger partial charge in [0.2, 0.25) is 5.91 Å². The fourth-order valence-electron chi connectivity index (χ4n) is 2.73. The lowest BCUT2D eigenvalue weighted by atomic mass is 10.1. The largest absolute Gasteiger partial charge is 0.480 e. The Balaban J connectivity index is 1.95.